The highest BCUT2D eigenvalue weighted by atomic mass is 16.5. The molecule has 5 aromatic rings. The molecule has 2 atom stereocenters. The summed E-state index contributed by atoms with van der Waals surface area (Å²) in [6.45, 7) is 11.7. The number of para-hydroxylation sites is 1. The third-order valence-corrected chi connectivity index (χ3v) is 9.00. The van der Waals surface area contributed by atoms with E-state index in [2.05, 4.69) is 60.1 Å². The zero-order valence-electron chi connectivity index (χ0n) is 25.3. The van der Waals surface area contributed by atoms with E-state index in [1.807, 2.05) is 50.2 Å². The second-order valence-electron chi connectivity index (χ2n) is 11.9. The molecule has 1 aliphatic heterocycles. The molecular weight excluding hydrogens is 526 g/mol. The van der Waals surface area contributed by atoms with E-state index in [0.717, 1.165) is 75.1 Å². The van der Waals surface area contributed by atoms with Crippen LogP contribution >= 0.6 is 0 Å². The van der Waals surface area contributed by atoms with Crippen LogP contribution in [0.4, 0.5) is 5.69 Å². The Morgan fingerprint density at radius 2 is 1.88 bits per heavy atom. The minimum absolute atomic E-state index is 0.154. The summed E-state index contributed by atoms with van der Waals surface area (Å²) in [5.74, 6) is 0.922. The van der Waals surface area contributed by atoms with E-state index in [9.17, 15) is 4.79 Å². The molecule has 0 spiro atoms. The average Bonchev–Trinajstić information content (AvgIpc) is 3.52. The number of rotatable bonds is 7. The quantitative estimate of drug-likeness (QED) is 0.215. The number of anilines is 1. The fraction of sp³-hybridized carbons (Fsp3) is 0.371. The number of nitrogens with zero attached hydrogens (tertiary/aromatic N) is 2. The molecule has 0 bridgehead atoms. The first-order chi connectivity index (χ1) is 20.2. The summed E-state index contributed by atoms with van der Waals surface area (Å²) in [7, 11) is 1.74. The Morgan fingerprint density at radius 3 is 2.57 bits per heavy atom. The van der Waals surface area contributed by atoms with Crippen molar-refractivity contribution >= 4 is 33.4 Å². The summed E-state index contributed by atoms with van der Waals surface area (Å²) in [5.41, 5.74) is 6.75. The Morgan fingerprint density at radius 1 is 1.10 bits per heavy atom. The highest BCUT2D eigenvalue weighted by molar-refractivity contribution is 6.22. The highest BCUT2D eigenvalue weighted by Crippen LogP contribution is 2.43. The minimum atomic E-state index is -0.468. The number of aromatic nitrogens is 2. The number of aryl methyl sites for hydroxylation is 2. The lowest BCUT2D eigenvalue weighted by molar-refractivity contribution is 0.0188. The van der Waals surface area contributed by atoms with Crippen molar-refractivity contribution in [2.24, 2.45) is 5.92 Å². The Balaban J connectivity index is 1.70. The second-order valence-corrected chi connectivity index (χ2v) is 11.9. The molecule has 6 rings (SSSR count). The molecule has 7 nitrogen and oxygen atoms in total. The molecule has 0 saturated carbocycles. The molecule has 1 fully saturated rings. The van der Waals surface area contributed by atoms with Gasteiger partial charge in [-0.3, -0.25) is 4.79 Å². The zero-order valence-corrected chi connectivity index (χ0v) is 25.3. The van der Waals surface area contributed by atoms with E-state index >= 15 is 0 Å². The summed E-state index contributed by atoms with van der Waals surface area (Å²) < 4.78 is 19.9. The summed E-state index contributed by atoms with van der Waals surface area (Å²) in [4.78, 5) is 14.1. The number of carbonyl (C=O) groups is 1. The van der Waals surface area contributed by atoms with Crippen LogP contribution in [-0.4, -0.2) is 36.0 Å². The van der Waals surface area contributed by atoms with Gasteiger partial charge in [0.05, 0.1) is 29.0 Å². The SMILES string of the molecule is CCC1COCC[C@@H]1n1c2cc(C(C)(C)OC)ccc2c2c(C(=O)Nc3ccccc3)cc(-c3c(C)noc3C)cc21. The topological polar surface area (TPSA) is 78.5 Å². The molecular formula is C35H39N3O4. The fourth-order valence-corrected chi connectivity index (χ4v) is 6.48. The van der Waals surface area contributed by atoms with Crippen molar-refractivity contribution in [2.75, 3.05) is 25.6 Å². The molecule has 7 heteroatoms. The van der Waals surface area contributed by atoms with Gasteiger partial charge in [0.1, 0.15) is 5.76 Å². The van der Waals surface area contributed by atoms with Gasteiger partial charge in [0.2, 0.25) is 0 Å². The molecule has 3 aromatic carbocycles. The van der Waals surface area contributed by atoms with Crippen molar-refractivity contribution in [1.82, 2.24) is 9.72 Å². The molecule has 1 amide bonds. The van der Waals surface area contributed by atoms with Gasteiger partial charge >= 0.3 is 0 Å². The molecule has 2 aromatic heterocycles. The van der Waals surface area contributed by atoms with Gasteiger partial charge in [0.15, 0.2) is 0 Å². The number of fused-ring (bicyclic) bond motifs is 3. The third kappa shape index (κ3) is 4.80. The number of carbonyl (C=O) groups excluding carboxylic acids is 1. The Labute approximate surface area is 246 Å². The van der Waals surface area contributed by atoms with Crippen LogP contribution in [0.15, 0.2) is 65.2 Å². The maximum atomic E-state index is 14.1. The van der Waals surface area contributed by atoms with Crippen molar-refractivity contribution in [2.45, 2.75) is 59.1 Å². The maximum absolute atomic E-state index is 14.1. The Hall–Kier alpha value is -3.94. The highest BCUT2D eigenvalue weighted by Gasteiger charge is 2.32. The average molecular weight is 566 g/mol. The molecule has 1 N–H and O–H groups in total. The van der Waals surface area contributed by atoms with E-state index in [4.69, 9.17) is 14.0 Å². The molecule has 0 radical (unpaired) electrons. The first-order valence-corrected chi connectivity index (χ1v) is 14.8. The van der Waals surface area contributed by atoms with Crippen molar-refractivity contribution in [1.29, 1.82) is 0 Å². The maximum Gasteiger partial charge on any atom is 0.256 e. The molecule has 218 valence electrons. The summed E-state index contributed by atoms with van der Waals surface area (Å²) in [6.07, 6.45) is 1.90. The Bertz CT molecular complexity index is 1750. The number of nitrogens with one attached hydrogen (secondary N) is 1. The number of amides is 1. The summed E-state index contributed by atoms with van der Waals surface area (Å²) >= 11 is 0. The predicted molar refractivity (Wildman–Crippen MR) is 167 cm³/mol. The van der Waals surface area contributed by atoms with E-state index in [-0.39, 0.29) is 11.9 Å². The van der Waals surface area contributed by atoms with Crippen molar-refractivity contribution in [3.63, 3.8) is 0 Å². The Kier molecular flexibility index (Phi) is 7.41. The fourth-order valence-electron chi connectivity index (χ4n) is 6.48. The van der Waals surface area contributed by atoms with Gasteiger partial charge in [0, 0.05) is 53.2 Å². The smallest absolute Gasteiger partial charge is 0.256 e. The van der Waals surface area contributed by atoms with Crippen LogP contribution in [0.5, 0.6) is 0 Å². The monoisotopic (exact) mass is 565 g/mol. The van der Waals surface area contributed by atoms with Crippen molar-refractivity contribution in [3.8, 4) is 11.1 Å². The predicted octanol–water partition coefficient (Wildman–Crippen LogP) is 8.19. The van der Waals surface area contributed by atoms with Gasteiger partial charge in [-0.2, -0.15) is 0 Å². The number of hydrogen-bond donors (Lipinski definition) is 1. The van der Waals surface area contributed by atoms with Crippen LogP contribution in [0.3, 0.4) is 0 Å². The number of ether oxygens (including phenoxy) is 2. The molecule has 1 saturated heterocycles. The molecule has 3 heterocycles. The summed E-state index contributed by atoms with van der Waals surface area (Å²) in [5, 5.41) is 9.36. The van der Waals surface area contributed by atoms with E-state index in [1.54, 1.807) is 7.11 Å². The van der Waals surface area contributed by atoms with Gasteiger partial charge < -0.3 is 23.9 Å². The minimum Gasteiger partial charge on any atom is -0.381 e. The first kappa shape index (κ1) is 28.2. The standard InChI is InChI=1S/C35H39N3O4/c1-7-23-20-41-16-15-29(23)38-30-19-25(35(4,5)40-6)13-14-27(30)33-28(34(39)36-26-11-9-8-10-12-26)17-24(18-31(33)38)32-21(2)37-42-22(32)3/h8-14,17-19,23,29H,7,15-16,20H2,1-6H3,(H,36,39)/t23?,29-/m0/s1. The lowest BCUT2D eigenvalue weighted by Crippen LogP contribution is -2.29. The van der Waals surface area contributed by atoms with Crippen LogP contribution in [0, 0.1) is 19.8 Å². The van der Waals surface area contributed by atoms with E-state index in [1.165, 1.54) is 0 Å². The first-order valence-electron chi connectivity index (χ1n) is 14.8. The molecule has 0 aliphatic carbocycles. The normalized spacial score (nSPS) is 17.7. The zero-order chi connectivity index (χ0) is 29.6. The van der Waals surface area contributed by atoms with Crippen LogP contribution < -0.4 is 5.32 Å². The van der Waals surface area contributed by atoms with Crippen molar-refractivity contribution < 1.29 is 18.8 Å². The second kappa shape index (κ2) is 11.0. The van der Waals surface area contributed by atoms with Gasteiger partial charge in [-0.05, 0) is 82.0 Å². The number of benzene rings is 3. The van der Waals surface area contributed by atoms with Crippen LogP contribution in [0.2, 0.25) is 0 Å². The molecule has 42 heavy (non-hydrogen) atoms. The van der Waals surface area contributed by atoms with Crippen LogP contribution in [-0.2, 0) is 15.1 Å². The number of methoxy groups -OCH3 is 1. The molecule has 1 aliphatic rings. The van der Waals surface area contributed by atoms with Crippen LogP contribution in [0.25, 0.3) is 32.9 Å². The number of hydrogen-bond acceptors (Lipinski definition) is 5. The van der Waals surface area contributed by atoms with Gasteiger partial charge in [-0.25, -0.2) is 0 Å². The van der Waals surface area contributed by atoms with Gasteiger partial charge in [0.25, 0.3) is 5.91 Å². The van der Waals surface area contributed by atoms with Crippen LogP contribution in [0.1, 0.15) is 67.0 Å². The lowest BCUT2D eigenvalue weighted by atomic mass is 9.92. The van der Waals surface area contributed by atoms with Gasteiger partial charge in [-0.1, -0.05) is 42.4 Å². The van der Waals surface area contributed by atoms with Crippen molar-refractivity contribution in [3.05, 3.63) is 83.2 Å². The van der Waals surface area contributed by atoms with E-state index in [0.29, 0.717) is 18.1 Å². The third-order valence-electron chi connectivity index (χ3n) is 9.00. The lowest BCUT2D eigenvalue weighted by Gasteiger charge is -2.33. The largest absolute Gasteiger partial charge is 0.381 e. The van der Waals surface area contributed by atoms with E-state index < -0.39 is 5.60 Å². The molecule has 1 unspecified atom stereocenters. The van der Waals surface area contributed by atoms with Gasteiger partial charge in [-0.15, -0.1) is 0 Å². The summed E-state index contributed by atoms with van der Waals surface area (Å²) in [6, 6.07) is 20.5.